The van der Waals surface area contributed by atoms with Crippen LogP contribution in [-0.4, -0.2) is 10.9 Å². The van der Waals surface area contributed by atoms with Crippen molar-refractivity contribution in [3.05, 3.63) is 70.4 Å². The molecule has 0 spiro atoms. The number of halogens is 1. The summed E-state index contributed by atoms with van der Waals surface area (Å²) in [5, 5.41) is 4.56. The summed E-state index contributed by atoms with van der Waals surface area (Å²) in [6, 6.07) is 13.7. The van der Waals surface area contributed by atoms with Crippen LogP contribution in [0.2, 0.25) is 0 Å². The minimum Gasteiger partial charge on any atom is -0.313 e. The highest BCUT2D eigenvalue weighted by Crippen LogP contribution is 2.43. The van der Waals surface area contributed by atoms with E-state index in [4.69, 9.17) is 4.98 Å². The number of hydrogen-bond donors (Lipinski definition) is 1. The monoisotopic (exact) mass is 382 g/mol. The van der Waals surface area contributed by atoms with Gasteiger partial charge in [-0.3, -0.25) is 4.79 Å². The zero-order chi connectivity index (χ0) is 18.3. The van der Waals surface area contributed by atoms with Crippen molar-refractivity contribution in [3.63, 3.8) is 0 Å². The Balaban J connectivity index is 1.75. The second-order valence-electron chi connectivity index (χ2n) is 5.94. The number of thiophene rings is 1. The maximum absolute atomic E-state index is 13.4. The molecule has 1 amide bonds. The van der Waals surface area contributed by atoms with Crippen molar-refractivity contribution in [1.29, 1.82) is 0 Å². The van der Waals surface area contributed by atoms with Gasteiger partial charge in [0.05, 0.1) is 10.2 Å². The van der Waals surface area contributed by atoms with Crippen molar-refractivity contribution in [1.82, 2.24) is 4.98 Å². The Morgan fingerprint density at radius 3 is 2.65 bits per heavy atom. The van der Waals surface area contributed by atoms with E-state index in [2.05, 4.69) is 5.32 Å². The highest BCUT2D eigenvalue weighted by atomic mass is 32.1. The number of anilines is 1. The third-order valence-electron chi connectivity index (χ3n) is 4.21. The molecule has 0 radical (unpaired) electrons. The first-order valence-corrected chi connectivity index (χ1v) is 9.69. The number of rotatable bonds is 3. The van der Waals surface area contributed by atoms with E-state index in [1.54, 1.807) is 17.4 Å². The van der Waals surface area contributed by atoms with E-state index in [9.17, 15) is 9.18 Å². The average Bonchev–Trinajstić information content (AvgIpc) is 3.15. The molecule has 4 aromatic rings. The summed E-state index contributed by atoms with van der Waals surface area (Å²) in [5.41, 5.74) is 3.28. The van der Waals surface area contributed by atoms with Crippen LogP contribution in [0.25, 0.3) is 20.8 Å². The highest BCUT2D eigenvalue weighted by molar-refractivity contribution is 7.22. The maximum atomic E-state index is 13.4. The number of nitrogens with one attached hydrogen (secondary N) is 1. The Bertz CT molecular complexity index is 1100. The van der Waals surface area contributed by atoms with E-state index in [0.29, 0.717) is 5.56 Å². The molecule has 0 atom stereocenters. The molecule has 0 saturated heterocycles. The molecule has 3 nitrogen and oxygen atoms in total. The van der Waals surface area contributed by atoms with E-state index < -0.39 is 5.82 Å². The van der Waals surface area contributed by atoms with Gasteiger partial charge in [0.15, 0.2) is 0 Å². The number of carbonyl (C=O) groups excluding carboxylic acids is 1. The molecule has 6 heteroatoms. The van der Waals surface area contributed by atoms with Crippen LogP contribution >= 0.6 is 22.7 Å². The number of benzene rings is 2. The number of thiazole rings is 1. The van der Waals surface area contributed by atoms with Gasteiger partial charge in [-0.1, -0.05) is 18.2 Å². The van der Waals surface area contributed by atoms with Gasteiger partial charge < -0.3 is 5.32 Å². The normalized spacial score (nSPS) is 11.0. The van der Waals surface area contributed by atoms with Crippen molar-refractivity contribution in [3.8, 4) is 10.6 Å². The average molecular weight is 382 g/mol. The predicted octanol–water partition coefficient (Wildman–Crippen LogP) is 6.03. The van der Waals surface area contributed by atoms with Crippen LogP contribution in [0.3, 0.4) is 0 Å². The zero-order valence-electron chi connectivity index (χ0n) is 14.2. The van der Waals surface area contributed by atoms with Gasteiger partial charge in [0, 0.05) is 16.0 Å². The number of nitrogens with zero attached hydrogens (tertiary/aromatic N) is 1. The van der Waals surface area contributed by atoms with Gasteiger partial charge in [0.25, 0.3) is 5.91 Å². The Morgan fingerprint density at radius 2 is 1.88 bits per heavy atom. The lowest BCUT2D eigenvalue weighted by Gasteiger charge is -2.06. The summed E-state index contributed by atoms with van der Waals surface area (Å²) >= 11 is 3.12. The summed E-state index contributed by atoms with van der Waals surface area (Å²) in [4.78, 5) is 18.4. The van der Waals surface area contributed by atoms with E-state index in [1.165, 1.54) is 29.5 Å². The fourth-order valence-corrected chi connectivity index (χ4v) is 4.95. The summed E-state index contributed by atoms with van der Waals surface area (Å²) < 4.78 is 14.5. The topological polar surface area (TPSA) is 42.0 Å². The highest BCUT2D eigenvalue weighted by Gasteiger charge is 2.20. The minimum atomic E-state index is -0.428. The van der Waals surface area contributed by atoms with Crippen molar-refractivity contribution in [2.75, 3.05) is 5.32 Å². The Labute approximate surface area is 158 Å². The summed E-state index contributed by atoms with van der Waals surface area (Å²) in [7, 11) is 0. The van der Waals surface area contributed by atoms with Crippen LogP contribution in [0, 0.1) is 19.7 Å². The third-order valence-corrected chi connectivity index (χ3v) is 6.38. The molecule has 0 aliphatic carbocycles. The lowest BCUT2D eigenvalue weighted by molar-refractivity contribution is 0.102. The van der Waals surface area contributed by atoms with E-state index in [1.807, 2.05) is 38.1 Å². The molecule has 0 aliphatic heterocycles. The first-order valence-electron chi connectivity index (χ1n) is 8.06. The smallest absolute Gasteiger partial charge is 0.256 e. The van der Waals surface area contributed by atoms with E-state index >= 15 is 0 Å². The van der Waals surface area contributed by atoms with Crippen LogP contribution in [-0.2, 0) is 0 Å². The molecule has 4 rings (SSSR count). The fraction of sp³-hybridized carbons (Fsp3) is 0.100. The second kappa shape index (κ2) is 6.63. The fourth-order valence-electron chi connectivity index (χ4n) is 2.76. The lowest BCUT2D eigenvalue weighted by atomic mass is 10.1. The second-order valence-corrected chi connectivity index (χ2v) is 8.19. The van der Waals surface area contributed by atoms with E-state index in [-0.39, 0.29) is 5.91 Å². The lowest BCUT2D eigenvalue weighted by Crippen LogP contribution is -2.11. The molecular formula is C20H15FN2OS2. The van der Waals surface area contributed by atoms with Gasteiger partial charge in [-0.2, -0.15) is 0 Å². The largest absolute Gasteiger partial charge is 0.313 e. The number of amides is 1. The summed E-state index contributed by atoms with van der Waals surface area (Å²) in [6.07, 6.45) is 0. The minimum absolute atomic E-state index is 0.295. The van der Waals surface area contributed by atoms with Gasteiger partial charge in [-0.05, 0) is 49.7 Å². The molecule has 130 valence electrons. The molecule has 1 N–H and O–H groups in total. The van der Waals surface area contributed by atoms with Gasteiger partial charge >= 0.3 is 0 Å². The quantitative estimate of drug-likeness (QED) is 0.470. The third kappa shape index (κ3) is 3.02. The van der Waals surface area contributed by atoms with E-state index in [0.717, 1.165) is 36.2 Å². The first-order chi connectivity index (χ1) is 12.5. The molecule has 0 saturated carbocycles. The standard InChI is InChI=1S/C20H15FN2OS2/c1-11-12(2)25-20(23-18(24)13-6-5-7-14(21)10-13)17(11)19-22-15-8-3-4-9-16(15)26-19/h3-10H,1-2H3,(H,23,24). The number of para-hydroxylation sites is 1. The Kier molecular flexibility index (Phi) is 4.30. The van der Waals surface area contributed by atoms with Gasteiger partial charge in [0.1, 0.15) is 15.8 Å². The number of carbonyl (C=O) groups is 1. The van der Waals surface area contributed by atoms with Gasteiger partial charge in [0.2, 0.25) is 0 Å². The Morgan fingerprint density at radius 1 is 1.08 bits per heavy atom. The summed E-state index contributed by atoms with van der Waals surface area (Å²) in [5.74, 6) is -0.754. The number of hydrogen-bond acceptors (Lipinski definition) is 4. The van der Waals surface area contributed by atoms with Crippen LogP contribution in [0.5, 0.6) is 0 Å². The molecule has 2 aromatic carbocycles. The number of aryl methyl sites for hydroxylation is 1. The molecule has 2 aromatic heterocycles. The molecule has 0 aliphatic rings. The van der Waals surface area contributed by atoms with Crippen molar-refractivity contribution in [2.45, 2.75) is 13.8 Å². The Hall–Kier alpha value is -2.57. The van der Waals surface area contributed by atoms with Crippen LogP contribution in [0.4, 0.5) is 9.39 Å². The number of aromatic nitrogens is 1. The predicted molar refractivity (Wildman–Crippen MR) is 107 cm³/mol. The molecule has 26 heavy (non-hydrogen) atoms. The van der Waals surface area contributed by atoms with Crippen molar-refractivity contribution < 1.29 is 9.18 Å². The van der Waals surface area contributed by atoms with Crippen molar-refractivity contribution >= 4 is 43.8 Å². The van der Waals surface area contributed by atoms with Crippen LogP contribution < -0.4 is 5.32 Å². The zero-order valence-corrected chi connectivity index (χ0v) is 15.8. The molecule has 0 fully saturated rings. The number of fused-ring (bicyclic) bond motifs is 1. The first kappa shape index (κ1) is 16.9. The molecule has 0 unspecified atom stereocenters. The van der Waals surface area contributed by atoms with Crippen LogP contribution in [0.1, 0.15) is 20.8 Å². The molecule has 2 heterocycles. The van der Waals surface area contributed by atoms with Crippen LogP contribution in [0.15, 0.2) is 48.5 Å². The maximum Gasteiger partial charge on any atom is 0.256 e. The SMILES string of the molecule is Cc1sc(NC(=O)c2cccc(F)c2)c(-c2nc3ccccc3s2)c1C. The van der Waals surface area contributed by atoms with Gasteiger partial charge in [-0.25, -0.2) is 9.37 Å². The van der Waals surface area contributed by atoms with Crippen molar-refractivity contribution in [2.24, 2.45) is 0 Å². The molecule has 0 bridgehead atoms. The molecular weight excluding hydrogens is 367 g/mol. The summed E-state index contributed by atoms with van der Waals surface area (Å²) in [6.45, 7) is 4.06. The van der Waals surface area contributed by atoms with Gasteiger partial charge in [-0.15, -0.1) is 22.7 Å².